The highest BCUT2D eigenvalue weighted by molar-refractivity contribution is 7.87. The molecule has 1 N–H and O–H groups in total. The summed E-state index contributed by atoms with van der Waals surface area (Å²) in [6, 6.07) is 11.8. The summed E-state index contributed by atoms with van der Waals surface area (Å²) < 4.78 is 33.4. The molecule has 0 radical (unpaired) electrons. The van der Waals surface area contributed by atoms with Crippen LogP contribution in [0.3, 0.4) is 0 Å². The third-order valence-corrected chi connectivity index (χ3v) is 8.06. The van der Waals surface area contributed by atoms with Crippen molar-refractivity contribution in [3.8, 4) is 17.0 Å². The van der Waals surface area contributed by atoms with E-state index in [0.717, 1.165) is 54.8 Å². The Balaban J connectivity index is 1.60. The first-order chi connectivity index (χ1) is 17.0. The fraction of sp³-hybridized carbons (Fsp3) is 0.536. The lowest BCUT2D eigenvalue weighted by Crippen LogP contribution is -2.23. The largest absolute Gasteiger partial charge is 0.382 e. The van der Waals surface area contributed by atoms with Gasteiger partial charge in [-0.1, -0.05) is 70.4 Å². The van der Waals surface area contributed by atoms with E-state index < -0.39 is 10.1 Å². The molecule has 1 fully saturated rings. The van der Waals surface area contributed by atoms with Crippen LogP contribution in [-0.4, -0.2) is 29.6 Å². The van der Waals surface area contributed by atoms with Crippen molar-refractivity contribution in [2.24, 2.45) is 0 Å². The highest BCUT2D eigenvalue weighted by Gasteiger charge is 2.23. The molecule has 0 bridgehead atoms. The number of hydrogen-bond donors (Lipinski definition) is 1. The highest BCUT2D eigenvalue weighted by atomic mass is 32.2. The van der Waals surface area contributed by atoms with Gasteiger partial charge in [0.15, 0.2) is 5.75 Å². The Morgan fingerprint density at radius 2 is 1.77 bits per heavy atom. The summed E-state index contributed by atoms with van der Waals surface area (Å²) in [5.41, 5.74) is 3.39. The summed E-state index contributed by atoms with van der Waals surface area (Å²) in [7, 11) is -3.69. The summed E-state index contributed by atoms with van der Waals surface area (Å²) in [5, 5.41) is 3.73. The minimum absolute atomic E-state index is 0.0327. The van der Waals surface area contributed by atoms with Gasteiger partial charge < -0.3 is 9.50 Å². The SMILES string of the molecule is CCCCCCCCS(=O)(=O)Oc1ccccc1-c1nc2cc(C)ccn2c1NC1CCCCC1. The number of imidazole rings is 1. The minimum Gasteiger partial charge on any atom is -0.382 e. The predicted octanol–water partition coefficient (Wildman–Crippen LogP) is 7.12. The van der Waals surface area contributed by atoms with Crippen LogP contribution in [0.2, 0.25) is 0 Å². The number of anilines is 1. The van der Waals surface area contributed by atoms with Crippen LogP contribution < -0.4 is 9.50 Å². The molecular weight excluding hydrogens is 458 g/mol. The van der Waals surface area contributed by atoms with Gasteiger partial charge >= 0.3 is 10.1 Å². The number of nitrogens with zero attached hydrogens (tertiary/aromatic N) is 2. The van der Waals surface area contributed by atoms with Gasteiger partial charge in [0.2, 0.25) is 0 Å². The van der Waals surface area contributed by atoms with Gasteiger partial charge in [-0.3, -0.25) is 4.40 Å². The molecule has 35 heavy (non-hydrogen) atoms. The molecule has 6 nitrogen and oxygen atoms in total. The van der Waals surface area contributed by atoms with Gasteiger partial charge in [0, 0.05) is 17.8 Å². The summed E-state index contributed by atoms with van der Waals surface area (Å²) in [6.07, 6.45) is 14.1. The molecule has 0 atom stereocenters. The second kappa shape index (κ2) is 11.9. The quantitative estimate of drug-likeness (QED) is 0.213. The van der Waals surface area contributed by atoms with Crippen molar-refractivity contribution in [2.75, 3.05) is 11.1 Å². The average Bonchev–Trinajstić information content (AvgIpc) is 3.19. The zero-order valence-corrected chi connectivity index (χ0v) is 21.9. The van der Waals surface area contributed by atoms with Gasteiger partial charge in [-0.2, -0.15) is 8.42 Å². The summed E-state index contributed by atoms with van der Waals surface area (Å²) in [4.78, 5) is 4.93. The lowest BCUT2D eigenvalue weighted by atomic mass is 9.95. The molecule has 0 saturated heterocycles. The fourth-order valence-electron chi connectivity index (χ4n) is 4.89. The van der Waals surface area contributed by atoms with Gasteiger partial charge in [-0.25, -0.2) is 4.98 Å². The molecule has 1 aliphatic carbocycles. The fourth-order valence-corrected chi connectivity index (χ4v) is 5.95. The molecule has 190 valence electrons. The zero-order chi connectivity index (χ0) is 24.7. The second-order valence-electron chi connectivity index (χ2n) is 9.83. The van der Waals surface area contributed by atoms with Crippen LogP contribution in [-0.2, 0) is 10.1 Å². The van der Waals surface area contributed by atoms with Gasteiger partial charge in [-0.05, 0) is 56.0 Å². The summed E-state index contributed by atoms with van der Waals surface area (Å²) in [5.74, 6) is 1.27. The number of para-hydroxylation sites is 1. The van der Waals surface area contributed by atoms with E-state index >= 15 is 0 Å². The smallest absolute Gasteiger partial charge is 0.309 e. The Labute approximate surface area is 210 Å². The second-order valence-corrected chi connectivity index (χ2v) is 11.5. The zero-order valence-electron chi connectivity index (χ0n) is 21.1. The summed E-state index contributed by atoms with van der Waals surface area (Å²) >= 11 is 0. The van der Waals surface area contributed by atoms with E-state index in [9.17, 15) is 8.42 Å². The van der Waals surface area contributed by atoms with E-state index in [1.807, 2.05) is 30.5 Å². The molecule has 7 heteroatoms. The molecule has 2 heterocycles. The molecule has 1 saturated carbocycles. The highest BCUT2D eigenvalue weighted by Crippen LogP contribution is 2.37. The number of hydrogen-bond acceptors (Lipinski definition) is 5. The normalized spacial score (nSPS) is 14.9. The molecule has 3 aromatic rings. The van der Waals surface area contributed by atoms with Crippen LogP contribution in [0.4, 0.5) is 5.82 Å². The van der Waals surface area contributed by atoms with Crippen LogP contribution in [0.5, 0.6) is 5.75 Å². The number of aryl methyl sites for hydroxylation is 1. The monoisotopic (exact) mass is 497 g/mol. The lowest BCUT2D eigenvalue weighted by Gasteiger charge is -2.24. The van der Waals surface area contributed by atoms with Crippen molar-refractivity contribution >= 4 is 21.6 Å². The molecule has 2 aromatic heterocycles. The number of benzene rings is 1. The van der Waals surface area contributed by atoms with Crippen LogP contribution >= 0.6 is 0 Å². The number of nitrogens with one attached hydrogen (secondary N) is 1. The summed E-state index contributed by atoms with van der Waals surface area (Å²) in [6.45, 7) is 4.23. The first kappa shape index (κ1) is 25.5. The Hall–Kier alpha value is -2.54. The number of fused-ring (bicyclic) bond motifs is 1. The molecule has 0 unspecified atom stereocenters. The van der Waals surface area contributed by atoms with Crippen LogP contribution in [0, 0.1) is 6.92 Å². The maximum atomic E-state index is 12.8. The van der Waals surface area contributed by atoms with Crippen molar-refractivity contribution < 1.29 is 12.6 Å². The first-order valence-electron chi connectivity index (χ1n) is 13.2. The van der Waals surface area contributed by atoms with Gasteiger partial charge in [0.05, 0.1) is 5.75 Å². The van der Waals surface area contributed by atoms with Gasteiger partial charge in [0.1, 0.15) is 17.2 Å². The van der Waals surface area contributed by atoms with E-state index in [2.05, 4.69) is 29.6 Å². The van der Waals surface area contributed by atoms with Crippen molar-refractivity contribution in [1.82, 2.24) is 9.38 Å². The molecule has 4 rings (SSSR count). The molecule has 1 aliphatic rings. The van der Waals surface area contributed by atoms with Crippen molar-refractivity contribution in [2.45, 2.75) is 90.5 Å². The molecule has 1 aromatic carbocycles. The van der Waals surface area contributed by atoms with Crippen molar-refractivity contribution in [1.29, 1.82) is 0 Å². The lowest BCUT2D eigenvalue weighted by molar-refractivity contribution is 0.461. The maximum Gasteiger partial charge on any atom is 0.309 e. The number of aromatic nitrogens is 2. The van der Waals surface area contributed by atoms with Crippen LogP contribution in [0.15, 0.2) is 42.6 Å². The molecule has 0 aliphatic heterocycles. The number of rotatable bonds is 12. The van der Waals surface area contributed by atoms with E-state index in [4.69, 9.17) is 9.17 Å². The van der Waals surface area contributed by atoms with Crippen molar-refractivity contribution in [3.05, 3.63) is 48.2 Å². The number of unbranched alkanes of at least 4 members (excludes halogenated alkanes) is 5. The molecule has 0 amide bonds. The van der Waals surface area contributed by atoms with Gasteiger partial charge in [-0.15, -0.1) is 0 Å². The Morgan fingerprint density at radius 1 is 1.03 bits per heavy atom. The van der Waals surface area contributed by atoms with Crippen LogP contribution in [0.1, 0.15) is 83.1 Å². The third kappa shape index (κ3) is 6.78. The van der Waals surface area contributed by atoms with E-state index in [-0.39, 0.29) is 5.75 Å². The van der Waals surface area contributed by atoms with E-state index in [1.165, 1.54) is 32.1 Å². The standard InChI is InChI=1S/C28H39N3O3S/c1-3-4-5-6-7-13-20-35(32,33)34-25-17-12-11-16-24(25)27-28(29-23-14-9-8-10-15-23)31-19-18-22(2)21-26(31)30-27/h11-12,16-19,21,23,29H,3-10,13-15,20H2,1-2H3. The van der Waals surface area contributed by atoms with Crippen molar-refractivity contribution in [3.63, 3.8) is 0 Å². The topological polar surface area (TPSA) is 72.7 Å². The minimum atomic E-state index is -3.69. The predicted molar refractivity (Wildman–Crippen MR) is 144 cm³/mol. The Bertz CT molecular complexity index is 1210. The van der Waals surface area contributed by atoms with E-state index in [0.29, 0.717) is 23.8 Å². The van der Waals surface area contributed by atoms with Gasteiger partial charge in [0.25, 0.3) is 0 Å². The molecular formula is C28H39N3O3S. The molecule has 0 spiro atoms. The van der Waals surface area contributed by atoms with Crippen LogP contribution in [0.25, 0.3) is 16.9 Å². The Kier molecular flexibility index (Phi) is 8.71. The first-order valence-corrected chi connectivity index (χ1v) is 14.8. The maximum absolute atomic E-state index is 12.8. The Morgan fingerprint density at radius 3 is 2.57 bits per heavy atom. The average molecular weight is 498 g/mol. The third-order valence-electron chi connectivity index (χ3n) is 6.83. The van der Waals surface area contributed by atoms with E-state index in [1.54, 1.807) is 6.07 Å². The number of pyridine rings is 1.